The quantitative estimate of drug-likeness (QED) is 0.240. The number of halogens is 1. The number of aryl methyl sites for hydroxylation is 1. The van der Waals surface area contributed by atoms with Gasteiger partial charge in [-0.3, -0.25) is 9.36 Å². The molecule has 0 N–H and O–H groups in total. The zero-order valence-corrected chi connectivity index (χ0v) is 23.0. The average molecular weight is 550 g/mol. The lowest BCUT2D eigenvalue weighted by Gasteiger charge is -2.24. The van der Waals surface area contributed by atoms with Gasteiger partial charge in [-0.1, -0.05) is 60.2 Å². The topological polar surface area (TPSA) is 74.8 Å². The molecule has 2 aromatic heterocycles. The highest BCUT2D eigenvalue weighted by atomic mass is 35.5. The Morgan fingerprint density at radius 2 is 1.92 bits per heavy atom. The molecule has 1 atom stereocenters. The minimum atomic E-state index is -0.692. The molecule has 3 heterocycles. The van der Waals surface area contributed by atoms with E-state index in [0.717, 1.165) is 35.0 Å². The maximum Gasteiger partial charge on any atom is 0.338 e. The van der Waals surface area contributed by atoms with Gasteiger partial charge in [0.25, 0.3) is 5.56 Å². The van der Waals surface area contributed by atoms with Crippen LogP contribution < -0.4 is 14.9 Å². The maximum absolute atomic E-state index is 13.9. The molecule has 5 rings (SSSR count). The van der Waals surface area contributed by atoms with E-state index in [1.54, 1.807) is 30.7 Å². The third-order valence-electron chi connectivity index (χ3n) is 6.52. The Bertz CT molecular complexity index is 1710. The number of esters is 1. The smallest absolute Gasteiger partial charge is 0.338 e. The molecular weight excluding hydrogens is 522 g/mol. The van der Waals surface area contributed by atoms with Crippen molar-refractivity contribution in [2.75, 3.05) is 20.3 Å². The van der Waals surface area contributed by atoms with E-state index >= 15 is 0 Å². The molecule has 0 radical (unpaired) electrons. The van der Waals surface area contributed by atoms with Crippen LogP contribution in [-0.2, 0) is 20.8 Å². The Labute approximate surface area is 228 Å². The second-order valence-corrected chi connectivity index (χ2v) is 10.5. The lowest BCUT2D eigenvalue weighted by molar-refractivity contribution is -0.140. The van der Waals surface area contributed by atoms with Crippen molar-refractivity contribution >= 4 is 45.9 Å². The van der Waals surface area contributed by atoms with Gasteiger partial charge in [0.15, 0.2) is 4.80 Å². The van der Waals surface area contributed by atoms with Crippen LogP contribution in [0.1, 0.15) is 37.4 Å². The Morgan fingerprint density at radius 1 is 1.16 bits per heavy atom. The summed E-state index contributed by atoms with van der Waals surface area (Å²) in [6.45, 7) is 5.18. The van der Waals surface area contributed by atoms with Gasteiger partial charge in [0, 0.05) is 41.3 Å². The van der Waals surface area contributed by atoms with Crippen molar-refractivity contribution in [3.63, 3.8) is 0 Å². The molecule has 1 aliphatic heterocycles. The van der Waals surface area contributed by atoms with E-state index in [2.05, 4.69) is 34.8 Å². The molecule has 1 unspecified atom stereocenters. The summed E-state index contributed by atoms with van der Waals surface area (Å²) < 4.78 is 14.8. The normalized spacial score (nSPS) is 15.6. The molecule has 196 valence electrons. The highest BCUT2D eigenvalue weighted by Crippen LogP contribution is 2.31. The van der Waals surface area contributed by atoms with E-state index < -0.39 is 12.0 Å². The molecule has 0 spiro atoms. The van der Waals surface area contributed by atoms with Gasteiger partial charge in [0.05, 0.1) is 28.5 Å². The van der Waals surface area contributed by atoms with Crippen LogP contribution >= 0.6 is 22.9 Å². The summed E-state index contributed by atoms with van der Waals surface area (Å²) in [6.07, 6.45) is 5.02. The summed E-state index contributed by atoms with van der Waals surface area (Å²) in [7, 11) is 1.54. The molecule has 9 heteroatoms. The SMILES string of the molecule is CCCn1cc(C=c2sc3n(c2=O)C(c2ccc(Cl)cc2)C(C(=O)OCCOC)=C(C)N=3)c2ccccc21. The number of methoxy groups -OCH3 is 1. The van der Waals surface area contributed by atoms with Crippen LogP contribution in [-0.4, -0.2) is 35.4 Å². The number of aromatic nitrogens is 2. The number of hydrogen-bond donors (Lipinski definition) is 0. The van der Waals surface area contributed by atoms with Crippen LogP contribution in [0.3, 0.4) is 0 Å². The first-order valence-electron chi connectivity index (χ1n) is 12.4. The van der Waals surface area contributed by atoms with Crippen molar-refractivity contribution in [2.24, 2.45) is 4.99 Å². The Hall–Kier alpha value is -3.46. The van der Waals surface area contributed by atoms with E-state index in [0.29, 0.717) is 25.6 Å². The van der Waals surface area contributed by atoms with Crippen molar-refractivity contribution in [1.82, 2.24) is 9.13 Å². The van der Waals surface area contributed by atoms with Crippen molar-refractivity contribution < 1.29 is 14.3 Å². The number of hydrogen-bond acceptors (Lipinski definition) is 6. The first kappa shape index (κ1) is 26.2. The fraction of sp³-hybridized carbons (Fsp3) is 0.276. The van der Waals surface area contributed by atoms with Gasteiger partial charge in [-0.15, -0.1) is 0 Å². The van der Waals surface area contributed by atoms with Crippen LogP contribution in [0.15, 0.2) is 75.8 Å². The highest BCUT2D eigenvalue weighted by Gasteiger charge is 2.33. The van der Waals surface area contributed by atoms with Crippen LogP contribution in [0.5, 0.6) is 0 Å². The van der Waals surface area contributed by atoms with Gasteiger partial charge in [-0.05, 0) is 43.2 Å². The predicted molar refractivity (Wildman–Crippen MR) is 150 cm³/mol. The summed E-state index contributed by atoms with van der Waals surface area (Å²) in [5.74, 6) is -0.528. The molecule has 38 heavy (non-hydrogen) atoms. The van der Waals surface area contributed by atoms with Crippen molar-refractivity contribution in [3.8, 4) is 0 Å². The zero-order valence-electron chi connectivity index (χ0n) is 21.4. The van der Waals surface area contributed by atoms with Crippen LogP contribution in [0.4, 0.5) is 0 Å². The lowest BCUT2D eigenvalue weighted by atomic mass is 9.96. The second-order valence-electron chi connectivity index (χ2n) is 9.06. The molecule has 4 aromatic rings. The van der Waals surface area contributed by atoms with Crippen LogP contribution in [0.25, 0.3) is 17.0 Å². The number of para-hydroxylation sites is 1. The first-order valence-corrected chi connectivity index (χ1v) is 13.6. The summed E-state index contributed by atoms with van der Waals surface area (Å²) in [5.41, 5.74) is 3.47. The average Bonchev–Trinajstić information content (AvgIpc) is 3.41. The maximum atomic E-state index is 13.9. The van der Waals surface area contributed by atoms with Gasteiger partial charge in [0.2, 0.25) is 0 Å². The predicted octanol–water partition coefficient (Wildman–Crippen LogP) is 4.44. The van der Waals surface area contributed by atoms with E-state index in [-0.39, 0.29) is 18.8 Å². The molecule has 7 nitrogen and oxygen atoms in total. The Kier molecular flexibility index (Phi) is 7.65. The Morgan fingerprint density at radius 3 is 2.66 bits per heavy atom. The largest absolute Gasteiger partial charge is 0.460 e. The molecular formula is C29H28ClN3O4S. The van der Waals surface area contributed by atoms with Crippen molar-refractivity contribution in [1.29, 1.82) is 0 Å². The molecule has 0 aliphatic carbocycles. The molecule has 0 saturated carbocycles. The molecule has 0 saturated heterocycles. The summed E-state index contributed by atoms with van der Waals surface area (Å²) >= 11 is 7.47. The number of rotatable bonds is 8. The number of fused-ring (bicyclic) bond motifs is 2. The summed E-state index contributed by atoms with van der Waals surface area (Å²) in [5, 5.41) is 1.65. The molecule has 1 aliphatic rings. The fourth-order valence-electron chi connectivity index (χ4n) is 4.80. The standard InChI is InChI=1S/C29H28ClN3O4S/c1-4-13-32-17-20(22-7-5-6-8-23(22)32)16-24-27(34)33-26(19-9-11-21(30)12-10-19)25(18(2)31-29(33)38-24)28(35)37-15-14-36-3/h5-12,16-17,26H,4,13-15H2,1-3H3. The van der Waals surface area contributed by atoms with Gasteiger partial charge in [0.1, 0.15) is 6.61 Å². The number of allylic oxidation sites excluding steroid dienone is 1. The lowest BCUT2D eigenvalue weighted by Crippen LogP contribution is -2.40. The third-order valence-corrected chi connectivity index (χ3v) is 7.75. The number of carbonyl (C=O) groups excluding carboxylic acids is 1. The fourth-order valence-corrected chi connectivity index (χ4v) is 5.96. The van der Waals surface area contributed by atoms with Crippen molar-refractivity contribution in [3.05, 3.63) is 102 Å². The van der Waals surface area contributed by atoms with E-state index in [4.69, 9.17) is 21.1 Å². The monoisotopic (exact) mass is 549 g/mol. The third kappa shape index (κ3) is 4.87. The Balaban J connectivity index is 1.68. The van der Waals surface area contributed by atoms with Crippen molar-refractivity contribution in [2.45, 2.75) is 32.9 Å². The number of ether oxygens (including phenoxy) is 2. The minimum absolute atomic E-state index is 0.103. The molecule has 0 amide bonds. The van der Waals surface area contributed by atoms with Gasteiger partial charge in [-0.2, -0.15) is 0 Å². The number of thiazole rings is 1. The second kappa shape index (κ2) is 11.1. The van der Waals surface area contributed by atoms with E-state index in [1.165, 1.54) is 11.3 Å². The van der Waals surface area contributed by atoms with Crippen LogP contribution in [0, 0.1) is 0 Å². The van der Waals surface area contributed by atoms with Crippen LogP contribution in [0.2, 0.25) is 5.02 Å². The summed E-state index contributed by atoms with van der Waals surface area (Å²) in [4.78, 5) is 32.3. The molecule has 0 bridgehead atoms. The summed E-state index contributed by atoms with van der Waals surface area (Å²) in [6, 6.07) is 14.6. The van der Waals surface area contributed by atoms with Gasteiger partial charge >= 0.3 is 5.97 Å². The number of carbonyl (C=O) groups is 1. The number of nitrogens with zero attached hydrogens (tertiary/aromatic N) is 3. The first-order chi connectivity index (χ1) is 18.4. The highest BCUT2D eigenvalue weighted by molar-refractivity contribution is 7.07. The van der Waals surface area contributed by atoms with Gasteiger partial charge < -0.3 is 14.0 Å². The molecule has 0 fully saturated rings. The zero-order chi connectivity index (χ0) is 26.8. The minimum Gasteiger partial charge on any atom is -0.460 e. The van der Waals surface area contributed by atoms with E-state index in [9.17, 15) is 9.59 Å². The molecule has 2 aromatic carbocycles. The number of benzene rings is 2. The van der Waals surface area contributed by atoms with E-state index in [1.807, 2.05) is 30.3 Å². The van der Waals surface area contributed by atoms with Gasteiger partial charge in [-0.25, -0.2) is 9.79 Å².